The molecule has 3 aliphatic rings. The second-order valence-corrected chi connectivity index (χ2v) is 11.7. The van der Waals surface area contributed by atoms with Crippen molar-refractivity contribution in [1.82, 2.24) is 24.3 Å². The molecule has 2 aliphatic heterocycles. The normalized spacial score (nSPS) is 20.7. The Morgan fingerprint density at radius 1 is 1.00 bits per heavy atom. The van der Waals surface area contributed by atoms with Gasteiger partial charge in [0.15, 0.2) is 0 Å². The van der Waals surface area contributed by atoms with Gasteiger partial charge in [-0.1, -0.05) is 18.6 Å². The van der Waals surface area contributed by atoms with Crippen molar-refractivity contribution in [3.8, 4) is 11.3 Å². The van der Waals surface area contributed by atoms with Gasteiger partial charge in [-0.05, 0) is 56.4 Å². The molecule has 5 heterocycles. The fraction of sp³-hybridized carbons (Fsp3) is 0.387. The van der Waals surface area contributed by atoms with Crippen molar-refractivity contribution < 1.29 is 22.8 Å². The highest BCUT2D eigenvalue weighted by atomic mass is 19.4. The molecular weight excluding hydrogens is 559 g/mol. The first-order chi connectivity index (χ1) is 20.7. The number of nitrogen functional groups attached to an aromatic ring is 1. The number of carbonyl (C=O) groups excluding carboxylic acids is 2. The Balaban J connectivity index is 1.16. The fourth-order valence-corrected chi connectivity index (χ4v) is 6.51. The summed E-state index contributed by atoms with van der Waals surface area (Å²) < 4.78 is 42.6. The van der Waals surface area contributed by atoms with Crippen LogP contribution in [0.1, 0.15) is 84.2 Å². The third-order valence-electron chi connectivity index (χ3n) is 9.05. The highest BCUT2D eigenvalue weighted by molar-refractivity contribution is 6.04. The zero-order valence-electron chi connectivity index (χ0n) is 23.3. The van der Waals surface area contributed by atoms with Crippen LogP contribution in [0, 0.1) is 0 Å². The van der Waals surface area contributed by atoms with E-state index in [1.807, 2.05) is 15.5 Å². The van der Waals surface area contributed by atoms with Crippen LogP contribution >= 0.6 is 0 Å². The Morgan fingerprint density at radius 2 is 1.79 bits per heavy atom. The quantitative estimate of drug-likeness (QED) is 0.305. The van der Waals surface area contributed by atoms with E-state index in [1.165, 1.54) is 0 Å². The number of imidazole rings is 1. The number of anilines is 2. The summed E-state index contributed by atoms with van der Waals surface area (Å²) in [5.74, 6) is 0.613. The molecule has 1 saturated carbocycles. The first kappa shape index (κ1) is 27.4. The molecule has 7 rings (SSSR count). The number of pyridine rings is 1. The predicted octanol–water partition coefficient (Wildman–Crippen LogP) is 5.78. The number of amides is 2. The molecule has 0 bridgehead atoms. The lowest BCUT2D eigenvalue weighted by Crippen LogP contribution is -2.41. The summed E-state index contributed by atoms with van der Waals surface area (Å²) in [4.78, 5) is 41.1. The van der Waals surface area contributed by atoms with E-state index in [9.17, 15) is 22.8 Å². The van der Waals surface area contributed by atoms with Crippen molar-refractivity contribution in [3.63, 3.8) is 0 Å². The molecule has 4 aromatic rings. The number of alkyl halides is 3. The molecule has 3 N–H and O–H groups in total. The number of piperidine rings is 1. The fourth-order valence-electron chi connectivity index (χ4n) is 6.51. The van der Waals surface area contributed by atoms with Crippen LogP contribution in [0.4, 0.5) is 24.8 Å². The second-order valence-electron chi connectivity index (χ2n) is 11.7. The number of nitrogens with two attached hydrogens (primary N) is 1. The van der Waals surface area contributed by atoms with Crippen LogP contribution in [-0.2, 0) is 11.0 Å². The monoisotopic (exact) mass is 589 g/mol. The molecule has 0 spiro atoms. The van der Waals surface area contributed by atoms with Crippen molar-refractivity contribution in [2.45, 2.75) is 69.0 Å². The van der Waals surface area contributed by atoms with E-state index in [4.69, 9.17) is 10.7 Å². The van der Waals surface area contributed by atoms with E-state index in [0.29, 0.717) is 47.3 Å². The SMILES string of the molecule is Nc1nccn2c([C@@H]3CC[C@H]4CCC(=O)N4C3)nc(-c3ccc(C(=O)Nc4cc(C(F)(F)F)cc(C5CCC5)n4)cc3)c12. The Hall–Kier alpha value is -4.48. The van der Waals surface area contributed by atoms with Gasteiger partial charge in [0, 0.05) is 60.1 Å². The zero-order chi connectivity index (χ0) is 29.9. The number of halogens is 3. The minimum absolute atomic E-state index is 0.0281. The van der Waals surface area contributed by atoms with Crippen LogP contribution in [0.15, 0.2) is 48.8 Å². The van der Waals surface area contributed by atoms with E-state index in [1.54, 1.807) is 30.5 Å². The van der Waals surface area contributed by atoms with E-state index in [-0.39, 0.29) is 29.1 Å². The molecular formula is C31H30F3N7O2. The molecule has 0 unspecified atom stereocenters. The summed E-state index contributed by atoms with van der Waals surface area (Å²) in [6.07, 6.45) is 4.73. The molecule has 2 atom stereocenters. The first-order valence-corrected chi connectivity index (χ1v) is 14.6. The number of hydrogen-bond donors (Lipinski definition) is 2. The van der Waals surface area contributed by atoms with E-state index in [2.05, 4.69) is 15.3 Å². The largest absolute Gasteiger partial charge is 0.416 e. The van der Waals surface area contributed by atoms with Gasteiger partial charge >= 0.3 is 6.18 Å². The van der Waals surface area contributed by atoms with Gasteiger partial charge < -0.3 is 16.0 Å². The smallest absolute Gasteiger partial charge is 0.382 e. The maximum absolute atomic E-state index is 13.6. The maximum Gasteiger partial charge on any atom is 0.416 e. The third kappa shape index (κ3) is 4.98. The van der Waals surface area contributed by atoms with Crippen LogP contribution in [0.3, 0.4) is 0 Å². The van der Waals surface area contributed by atoms with Crippen molar-refractivity contribution in [1.29, 1.82) is 0 Å². The van der Waals surface area contributed by atoms with Gasteiger partial charge in [0.1, 0.15) is 28.7 Å². The number of rotatable bonds is 5. The molecule has 1 aliphatic carbocycles. The van der Waals surface area contributed by atoms with Gasteiger partial charge in [0.25, 0.3) is 5.91 Å². The number of nitrogens with zero attached hydrogens (tertiary/aromatic N) is 5. The number of nitrogens with one attached hydrogen (secondary N) is 1. The van der Waals surface area contributed by atoms with Crippen LogP contribution < -0.4 is 11.1 Å². The van der Waals surface area contributed by atoms with Crippen LogP contribution in [-0.4, -0.2) is 48.7 Å². The van der Waals surface area contributed by atoms with Crippen molar-refractivity contribution in [2.75, 3.05) is 17.6 Å². The summed E-state index contributed by atoms with van der Waals surface area (Å²) in [7, 11) is 0. The minimum Gasteiger partial charge on any atom is -0.382 e. The van der Waals surface area contributed by atoms with Gasteiger partial charge in [-0.2, -0.15) is 13.2 Å². The molecule has 0 radical (unpaired) electrons. The van der Waals surface area contributed by atoms with Gasteiger partial charge in [0.2, 0.25) is 5.91 Å². The van der Waals surface area contributed by atoms with Gasteiger partial charge in [0.05, 0.1) is 5.56 Å². The number of benzene rings is 1. The number of fused-ring (bicyclic) bond motifs is 2. The third-order valence-corrected chi connectivity index (χ3v) is 9.05. The van der Waals surface area contributed by atoms with Crippen LogP contribution in [0.2, 0.25) is 0 Å². The Kier molecular flexibility index (Phi) is 6.59. The highest BCUT2D eigenvalue weighted by Gasteiger charge is 2.38. The summed E-state index contributed by atoms with van der Waals surface area (Å²) in [6.45, 7) is 0.607. The Bertz CT molecular complexity index is 1730. The summed E-state index contributed by atoms with van der Waals surface area (Å²) >= 11 is 0. The Morgan fingerprint density at radius 3 is 2.51 bits per heavy atom. The standard InChI is InChI=1S/C31H30F3N7O2/c32-31(33,34)21-14-23(17-2-1-3-17)37-24(15-21)38-30(43)19-6-4-18(5-7-19)26-27-28(35)36-12-13-40(27)29(39-26)20-8-9-22-10-11-25(42)41(22)16-20/h4-7,12-15,17,20,22H,1-3,8-11,16H2,(H2,35,36)(H,37,38,43)/t20-,22+/m1/s1. The summed E-state index contributed by atoms with van der Waals surface area (Å²) in [5.41, 5.74) is 8.04. The van der Waals surface area contributed by atoms with E-state index < -0.39 is 17.6 Å². The van der Waals surface area contributed by atoms with E-state index >= 15 is 0 Å². The van der Waals surface area contributed by atoms with Crippen LogP contribution in [0.5, 0.6) is 0 Å². The highest BCUT2D eigenvalue weighted by Crippen LogP contribution is 2.40. The lowest BCUT2D eigenvalue weighted by Gasteiger charge is -2.34. The Labute approximate surface area is 245 Å². The first-order valence-electron chi connectivity index (χ1n) is 14.6. The molecule has 2 amide bonds. The van der Waals surface area contributed by atoms with Crippen molar-refractivity contribution >= 4 is 29.0 Å². The van der Waals surface area contributed by atoms with Gasteiger partial charge in [-0.15, -0.1) is 0 Å². The molecule has 9 nitrogen and oxygen atoms in total. The zero-order valence-corrected chi connectivity index (χ0v) is 23.3. The molecule has 3 aromatic heterocycles. The molecule has 12 heteroatoms. The lowest BCUT2D eigenvalue weighted by atomic mass is 9.82. The number of aromatic nitrogens is 4. The average molecular weight is 590 g/mol. The lowest BCUT2D eigenvalue weighted by molar-refractivity contribution is -0.137. The topological polar surface area (TPSA) is 119 Å². The number of carbonyl (C=O) groups is 2. The maximum atomic E-state index is 13.6. The van der Waals surface area contributed by atoms with Gasteiger partial charge in [-0.3, -0.25) is 14.0 Å². The molecule has 222 valence electrons. The molecule has 43 heavy (non-hydrogen) atoms. The van der Waals surface area contributed by atoms with Crippen LogP contribution in [0.25, 0.3) is 16.8 Å². The van der Waals surface area contributed by atoms with Gasteiger partial charge in [-0.25, -0.2) is 15.0 Å². The number of hydrogen-bond acceptors (Lipinski definition) is 6. The van der Waals surface area contributed by atoms with E-state index in [0.717, 1.165) is 56.5 Å². The molecule has 2 saturated heterocycles. The molecule has 1 aromatic carbocycles. The van der Waals surface area contributed by atoms with Crippen molar-refractivity contribution in [3.05, 3.63) is 71.4 Å². The minimum atomic E-state index is -4.55. The van der Waals surface area contributed by atoms with Crippen molar-refractivity contribution in [2.24, 2.45) is 0 Å². The summed E-state index contributed by atoms with van der Waals surface area (Å²) in [6, 6.07) is 8.89. The second kappa shape index (κ2) is 10.4. The predicted molar refractivity (Wildman–Crippen MR) is 153 cm³/mol. The molecule has 3 fully saturated rings. The average Bonchev–Trinajstić information content (AvgIpc) is 3.53. The summed E-state index contributed by atoms with van der Waals surface area (Å²) in [5, 5.41) is 2.55.